The highest BCUT2D eigenvalue weighted by Gasteiger charge is 2.29. The quantitative estimate of drug-likeness (QED) is 0.864. The van der Waals surface area contributed by atoms with E-state index in [2.05, 4.69) is 4.57 Å². The Morgan fingerprint density at radius 2 is 1.96 bits per heavy atom. The van der Waals surface area contributed by atoms with Crippen LogP contribution in [0.15, 0.2) is 36.5 Å². The van der Waals surface area contributed by atoms with Crippen molar-refractivity contribution in [3.05, 3.63) is 47.8 Å². The van der Waals surface area contributed by atoms with Gasteiger partial charge in [0.2, 0.25) is 0 Å². The molecule has 1 fully saturated rings. The number of amides is 1. The lowest BCUT2D eigenvalue weighted by Gasteiger charge is -2.27. The maximum atomic E-state index is 12.9. The molecule has 1 atom stereocenters. The fourth-order valence-corrected chi connectivity index (χ4v) is 3.15. The molecule has 0 radical (unpaired) electrons. The highest BCUT2D eigenvalue weighted by molar-refractivity contribution is 5.93. The number of hydrogen-bond acceptors (Lipinski definition) is 3. The number of ether oxygens (including phenoxy) is 2. The van der Waals surface area contributed by atoms with Crippen LogP contribution in [-0.4, -0.2) is 35.6 Å². The van der Waals surface area contributed by atoms with Gasteiger partial charge in [0.05, 0.1) is 6.04 Å². The molecule has 5 nitrogen and oxygen atoms in total. The van der Waals surface area contributed by atoms with Gasteiger partial charge in [-0.15, -0.1) is 0 Å². The zero-order valence-electron chi connectivity index (χ0n) is 14.1. The fourth-order valence-electron chi connectivity index (χ4n) is 3.15. The number of hydrogen-bond donors (Lipinski definition) is 0. The van der Waals surface area contributed by atoms with E-state index in [4.69, 9.17) is 9.47 Å². The van der Waals surface area contributed by atoms with Crippen LogP contribution >= 0.6 is 0 Å². The van der Waals surface area contributed by atoms with Gasteiger partial charge >= 0.3 is 0 Å². The average molecular weight is 326 g/mol. The molecule has 1 amide bonds. The summed E-state index contributed by atoms with van der Waals surface area (Å²) < 4.78 is 13.3. The summed E-state index contributed by atoms with van der Waals surface area (Å²) in [4.78, 5) is 14.7. The molecule has 0 unspecified atom stereocenters. The molecule has 2 aliphatic rings. The number of carbonyl (C=O) groups is 1. The Morgan fingerprint density at radius 3 is 2.71 bits per heavy atom. The Kier molecular flexibility index (Phi) is 3.71. The molecule has 126 valence electrons. The maximum Gasteiger partial charge on any atom is 0.270 e. The molecule has 2 aromatic rings. The molecule has 1 aliphatic carbocycles. The van der Waals surface area contributed by atoms with Gasteiger partial charge in [-0.25, -0.2) is 0 Å². The molecular weight excluding hydrogens is 304 g/mol. The zero-order chi connectivity index (χ0) is 16.7. The van der Waals surface area contributed by atoms with Gasteiger partial charge in [0.1, 0.15) is 18.9 Å². The van der Waals surface area contributed by atoms with E-state index in [9.17, 15) is 4.79 Å². The van der Waals surface area contributed by atoms with Gasteiger partial charge in [-0.1, -0.05) is 6.07 Å². The number of nitrogens with zero attached hydrogens (tertiary/aromatic N) is 2. The summed E-state index contributed by atoms with van der Waals surface area (Å²) in [5, 5.41) is 0. The van der Waals surface area contributed by atoms with Crippen LogP contribution in [0.2, 0.25) is 0 Å². The van der Waals surface area contributed by atoms with Crippen LogP contribution in [0, 0.1) is 0 Å². The minimum Gasteiger partial charge on any atom is -0.486 e. The number of carbonyl (C=O) groups excluding carboxylic acids is 1. The minimum absolute atomic E-state index is 0.0455. The second kappa shape index (κ2) is 5.89. The molecule has 0 spiro atoms. The van der Waals surface area contributed by atoms with E-state index < -0.39 is 0 Å². The standard InChI is InChI=1S/C19H22N2O3/c1-13(14-5-8-17-18(12-14)24-11-10-23-17)20(2)19(22)16-4-3-9-21(16)15-6-7-15/h3-5,8-9,12-13,15H,6-7,10-11H2,1-2H3/t13-/m0/s1. The van der Waals surface area contributed by atoms with Gasteiger partial charge < -0.3 is 18.9 Å². The molecule has 0 N–H and O–H groups in total. The van der Waals surface area contributed by atoms with Crippen molar-refractivity contribution < 1.29 is 14.3 Å². The van der Waals surface area contributed by atoms with Crippen LogP contribution < -0.4 is 9.47 Å². The van der Waals surface area contributed by atoms with E-state index in [1.807, 2.05) is 50.5 Å². The van der Waals surface area contributed by atoms with E-state index in [0.717, 1.165) is 35.6 Å². The largest absolute Gasteiger partial charge is 0.486 e. The van der Waals surface area contributed by atoms with Gasteiger partial charge in [-0.2, -0.15) is 0 Å². The monoisotopic (exact) mass is 326 g/mol. The molecule has 5 heteroatoms. The zero-order valence-corrected chi connectivity index (χ0v) is 14.1. The molecule has 4 rings (SSSR count). The van der Waals surface area contributed by atoms with Crippen LogP contribution in [0.5, 0.6) is 11.5 Å². The SMILES string of the molecule is C[C@@H](c1ccc2c(c1)OCCO2)N(C)C(=O)c1cccn1C1CC1. The summed E-state index contributed by atoms with van der Waals surface area (Å²) in [6, 6.07) is 10.2. The lowest BCUT2D eigenvalue weighted by molar-refractivity contribution is 0.0731. The van der Waals surface area contributed by atoms with Crippen molar-refractivity contribution in [2.75, 3.05) is 20.3 Å². The molecular formula is C19H22N2O3. The first-order valence-corrected chi connectivity index (χ1v) is 8.48. The van der Waals surface area contributed by atoms with E-state index in [-0.39, 0.29) is 11.9 Å². The Bertz CT molecular complexity index is 764. The lowest BCUT2D eigenvalue weighted by atomic mass is 10.1. The van der Waals surface area contributed by atoms with Crippen LogP contribution in [0.3, 0.4) is 0 Å². The minimum atomic E-state index is -0.0455. The van der Waals surface area contributed by atoms with Gasteiger partial charge in [-0.3, -0.25) is 4.79 Å². The van der Waals surface area contributed by atoms with Crippen LogP contribution in [0.1, 0.15) is 47.9 Å². The van der Waals surface area contributed by atoms with Crippen molar-refractivity contribution >= 4 is 5.91 Å². The number of fused-ring (bicyclic) bond motifs is 1. The molecule has 1 aromatic heterocycles. The summed E-state index contributed by atoms with van der Waals surface area (Å²) >= 11 is 0. The van der Waals surface area contributed by atoms with Gasteiger partial charge in [0.25, 0.3) is 5.91 Å². The summed E-state index contributed by atoms with van der Waals surface area (Å²) in [5.41, 5.74) is 1.81. The summed E-state index contributed by atoms with van der Waals surface area (Å²) in [7, 11) is 1.86. The second-order valence-corrected chi connectivity index (χ2v) is 6.53. The summed E-state index contributed by atoms with van der Waals surface area (Å²) in [6.45, 7) is 3.18. The Hall–Kier alpha value is -2.43. The van der Waals surface area contributed by atoms with Crippen molar-refractivity contribution in [3.63, 3.8) is 0 Å². The summed E-state index contributed by atoms with van der Waals surface area (Å²) in [5.74, 6) is 1.58. The normalized spacial score (nSPS) is 17.4. The van der Waals surface area contributed by atoms with Crippen molar-refractivity contribution in [1.82, 2.24) is 9.47 Å². The van der Waals surface area contributed by atoms with E-state index >= 15 is 0 Å². The van der Waals surface area contributed by atoms with Crippen molar-refractivity contribution in [2.24, 2.45) is 0 Å². The van der Waals surface area contributed by atoms with Crippen LogP contribution in [-0.2, 0) is 0 Å². The third kappa shape index (κ3) is 2.64. The Labute approximate surface area is 141 Å². The van der Waals surface area contributed by atoms with E-state index in [1.54, 1.807) is 4.90 Å². The highest BCUT2D eigenvalue weighted by atomic mass is 16.6. The second-order valence-electron chi connectivity index (χ2n) is 6.53. The number of rotatable bonds is 4. The van der Waals surface area contributed by atoms with Gasteiger partial charge in [0.15, 0.2) is 11.5 Å². The maximum absolute atomic E-state index is 12.9. The lowest BCUT2D eigenvalue weighted by Crippen LogP contribution is -2.31. The first-order chi connectivity index (χ1) is 11.6. The molecule has 2 heterocycles. The molecule has 1 aromatic carbocycles. The first kappa shape index (κ1) is 15.1. The van der Waals surface area contributed by atoms with Crippen molar-refractivity contribution in [3.8, 4) is 11.5 Å². The molecule has 1 aliphatic heterocycles. The third-order valence-corrected chi connectivity index (χ3v) is 4.89. The highest BCUT2D eigenvalue weighted by Crippen LogP contribution is 2.37. The topological polar surface area (TPSA) is 43.7 Å². The third-order valence-electron chi connectivity index (χ3n) is 4.89. The van der Waals surface area contributed by atoms with Crippen LogP contribution in [0.4, 0.5) is 0 Å². The average Bonchev–Trinajstić information content (AvgIpc) is 3.36. The number of benzene rings is 1. The smallest absolute Gasteiger partial charge is 0.270 e. The fraction of sp³-hybridized carbons (Fsp3) is 0.421. The first-order valence-electron chi connectivity index (χ1n) is 8.48. The van der Waals surface area contributed by atoms with Crippen molar-refractivity contribution in [2.45, 2.75) is 31.8 Å². The molecule has 1 saturated carbocycles. The van der Waals surface area contributed by atoms with Gasteiger partial charge in [0, 0.05) is 19.3 Å². The van der Waals surface area contributed by atoms with Crippen molar-refractivity contribution in [1.29, 1.82) is 0 Å². The predicted molar refractivity (Wildman–Crippen MR) is 90.6 cm³/mol. The Morgan fingerprint density at radius 1 is 1.21 bits per heavy atom. The molecule has 24 heavy (non-hydrogen) atoms. The molecule has 0 saturated heterocycles. The predicted octanol–water partition coefficient (Wildman–Crippen LogP) is 3.43. The number of aromatic nitrogens is 1. The Balaban J connectivity index is 1.56. The van der Waals surface area contributed by atoms with E-state index in [1.165, 1.54) is 0 Å². The summed E-state index contributed by atoms with van der Waals surface area (Å²) in [6.07, 6.45) is 4.33. The molecule has 0 bridgehead atoms. The van der Waals surface area contributed by atoms with E-state index in [0.29, 0.717) is 19.3 Å². The van der Waals surface area contributed by atoms with Crippen LogP contribution in [0.25, 0.3) is 0 Å². The van der Waals surface area contributed by atoms with Gasteiger partial charge in [-0.05, 0) is 49.6 Å².